The summed E-state index contributed by atoms with van der Waals surface area (Å²) in [6.07, 6.45) is 6.79. The van der Waals surface area contributed by atoms with Crippen molar-refractivity contribution in [1.82, 2.24) is 20.5 Å². The van der Waals surface area contributed by atoms with Crippen LogP contribution in [0.1, 0.15) is 45.1 Å². The number of piperidine rings is 1. The molecule has 1 aromatic rings. The molecule has 1 aliphatic carbocycles. The summed E-state index contributed by atoms with van der Waals surface area (Å²) in [6.45, 7) is 8.35. The minimum atomic E-state index is 0.493. The van der Waals surface area contributed by atoms with Crippen LogP contribution in [0.3, 0.4) is 0 Å². The molecule has 0 atom stereocenters. The van der Waals surface area contributed by atoms with Crippen LogP contribution < -0.4 is 15.4 Å². The van der Waals surface area contributed by atoms with Gasteiger partial charge in [-0.25, -0.2) is 4.98 Å². The van der Waals surface area contributed by atoms with Gasteiger partial charge in [0.05, 0.1) is 6.61 Å². The molecule has 2 heterocycles. The predicted molar refractivity (Wildman–Crippen MR) is 106 cm³/mol. The molecule has 0 amide bonds. The molecule has 2 aliphatic rings. The van der Waals surface area contributed by atoms with Crippen LogP contribution in [0.25, 0.3) is 0 Å². The molecule has 144 valence electrons. The van der Waals surface area contributed by atoms with Gasteiger partial charge in [0.15, 0.2) is 5.96 Å². The maximum atomic E-state index is 5.69. The highest BCUT2D eigenvalue weighted by atomic mass is 16.5. The van der Waals surface area contributed by atoms with Crippen LogP contribution in [-0.4, -0.2) is 54.7 Å². The fourth-order valence-electron chi connectivity index (χ4n) is 3.22. The third kappa shape index (κ3) is 5.87. The van der Waals surface area contributed by atoms with Crippen molar-refractivity contribution < 1.29 is 4.74 Å². The Kier molecular flexibility index (Phi) is 6.72. The molecular formula is C20H33N5O. The highest BCUT2D eigenvalue weighted by molar-refractivity contribution is 5.79. The average molecular weight is 360 g/mol. The van der Waals surface area contributed by atoms with Crippen molar-refractivity contribution >= 4 is 5.96 Å². The number of guanidine groups is 1. The quantitative estimate of drug-likeness (QED) is 0.578. The summed E-state index contributed by atoms with van der Waals surface area (Å²) in [5.74, 6) is 2.34. The zero-order valence-corrected chi connectivity index (χ0v) is 16.4. The molecule has 2 fully saturated rings. The lowest BCUT2D eigenvalue weighted by molar-refractivity contribution is 0.167. The zero-order chi connectivity index (χ0) is 18.4. The van der Waals surface area contributed by atoms with Crippen LogP contribution in [0.4, 0.5) is 0 Å². The largest absolute Gasteiger partial charge is 0.477 e. The molecular weight excluding hydrogens is 326 g/mol. The minimum Gasteiger partial charge on any atom is -0.477 e. The highest BCUT2D eigenvalue weighted by Crippen LogP contribution is 2.29. The smallest absolute Gasteiger partial charge is 0.213 e. The first kappa shape index (κ1) is 19.0. The molecule has 3 rings (SSSR count). The van der Waals surface area contributed by atoms with Crippen LogP contribution >= 0.6 is 0 Å². The summed E-state index contributed by atoms with van der Waals surface area (Å²) in [5, 5.41) is 6.94. The Hall–Kier alpha value is -1.82. The number of ether oxygens (including phenoxy) is 1. The average Bonchev–Trinajstić information content (AvgIpc) is 3.49. The number of nitrogens with one attached hydrogen (secondary N) is 2. The second kappa shape index (κ2) is 9.21. The van der Waals surface area contributed by atoms with E-state index in [0.717, 1.165) is 55.9 Å². The number of nitrogens with zero attached hydrogens (tertiary/aromatic N) is 3. The summed E-state index contributed by atoms with van der Waals surface area (Å²) in [4.78, 5) is 11.3. The molecule has 26 heavy (non-hydrogen) atoms. The van der Waals surface area contributed by atoms with E-state index in [1.165, 1.54) is 12.8 Å². The molecule has 2 N–H and O–H groups in total. The monoisotopic (exact) mass is 359 g/mol. The van der Waals surface area contributed by atoms with Gasteiger partial charge in [0.25, 0.3) is 0 Å². The van der Waals surface area contributed by atoms with Gasteiger partial charge in [0, 0.05) is 51.0 Å². The van der Waals surface area contributed by atoms with Crippen molar-refractivity contribution in [2.75, 3.05) is 26.7 Å². The first-order valence-electron chi connectivity index (χ1n) is 9.93. The second-order valence-corrected chi connectivity index (χ2v) is 7.73. The maximum Gasteiger partial charge on any atom is 0.213 e. The fraction of sp³-hybridized carbons (Fsp3) is 0.700. The number of rotatable bonds is 7. The number of hydrogen-bond donors (Lipinski definition) is 2. The summed E-state index contributed by atoms with van der Waals surface area (Å²) >= 11 is 0. The number of likely N-dealkylation sites (tertiary alicyclic amines) is 1. The predicted octanol–water partition coefficient (Wildman–Crippen LogP) is 2.41. The van der Waals surface area contributed by atoms with Gasteiger partial charge in [0.1, 0.15) is 0 Å². The molecule has 1 saturated heterocycles. The van der Waals surface area contributed by atoms with Crippen LogP contribution in [0.5, 0.6) is 5.88 Å². The molecule has 0 aromatic carbocycles. The molecule has 1 aromatic heterocycles. The Labute approximate surface area is 157 Å². The van der Waals surface area contributed by atoms with Crippen molar-refractivity contribution in [3.63, 3.8) is 0 Å². The fourth-order valence-corrected chi connectivity index (χ4v) is 3.22. The highest BCUT2D eigenvalue weighted by Gasteiger charge is 2.22. The molecule has 0 spiro atoms. The Morgan fingerprint density at radius 1 is 1.27 bits per heavy atom. The number of aliphatic imine (C=N–C) groups is 1. The van der Waals surface area contributed by atoms with E-state index in [4.69, 9.17) is 4.74 Å². The van der Waals surface area contributed by atoms with E-state index in [0.29, 0.717) is 18.6 Å². The van der Waals surface area contributed by atoms with E-state index in [2.05, 4.69) is 45.4 Å². The van der Waals surface area contributed by atoms with Gasteiger partial charge >= 0.3 is 0 Å². The van der Waals surface area contributed by atoms with Crippen molar-refractivity contribution in [2.24, 2.45) is 10.9 Å². The standard InChI is InChI=1S/C20H33N5O/c1-15(2)25-10-8-18(9-11-25)24-20(21-3)23-13-17-6-7-19(22-12-17)26-14-16-4-5-16/h6-7,12,15-16,18H,4-5,8-11,13-14H2,1-3H3,(H2,21,23,24). The number of hydrogen-bond acceptors (Lipinski definition) is 4. The van der Waals surface area contributed by atoms with E-state index in [1.807, 2.05) is 19.3 Å². The SMILES string of the molecule is CN=C(NCc1ccc(OCC2CC2)nc1)NC1CCN(C(C)C)CC1. The normalized spacial score (nSPS) is 19.6. The van der Waals surface area contributed by atoms with E-state index < -0.39 is 0 Å². The van der Waals surface area contributed by atoms with Gasteiger partial charge in [-0.15, -0.1) is 0 Å². The number of pyridine rings is 1. The van der Waals surface area contributed by atoms with Crippen molar-refractivity contribution in [1.29, 1.82) is 0 Å². The third-order valence-electron chi connectivity index (χ3n) is 5.25. The van der Waals surface area contributed by atoms with Gasteiger partial charge in [-0.1, -0.05) is 6.07 Å². The lowest BCUT2D eigenvalue weighted by Gasteiger charge is -2.35. The molecule has 1 aliphatic heterocycles. The molecule has 0 unspecified atom stereocenters. The van der Waals surface area contributed by atoms with Crippen LogP contribution in [0.15, 0.2) is 23.3 Å². The Morgan fingerprint density at radius 3 is 2.62 bits per heavy atom. The van der Waals surface area contributed by atoms with Gasteiger partial charge in [-0.05, 0) is 51.0 Å². The van der Waals surface area contributed by atoms with Crippen molar-refractivity contribution in [2.45, 2.75) is 58.2 Å². The van der Waals surface area contributed by atoms with Crippen molar-refractivity contribution in [3.05, 3.63) is 23.9 Å². The van der Waals surface area contributed by atoms with Crippen LogP contribution in [0.2, 0.25) is 0 Å². The Morgan fingerprint density at radius 2 is 2.04 bits per heavy atom. The first-order chi connectivity index (χ1) is 12.6. The van der Waals surface area contributed by atoms with E-state index in [9.17, 15) is 0 Å². The van der Waals surface area contributed by atoms with Gasteiger partial charge in [-0.2, -0.15) is 0 Å². The van der Waals surface area contributed by atoms with E-state index in [1.54, 1.807) is 0 Å². The summed E-state index contributed by atoms with van der Waals surface area (Å²) in [5.41, 5.74) is 1.13. The topological polar surface area (TPSA) is 61.8 Å². The second-order valence-electron chi connectivity index (χ2n) is 7.73. The Balaban J connectivity index is 1.39. The van der Waals surface area contributed by atoms with E-state index in [-0.39, 0.29) is 0 Å². The molecule has 6 nitrogen and oxygen atoms in total. The van der Waals surface area contributed by atoms with Gasteiger partial charge in [0.2, 0.25) is 5.88 Å². The van der Waals surface area contributed by atoms with Crippen LogP contribution in [-0.2, 0) is 6.54 Å². The summed E-state index contributed by atoms with van der Waals surface area (Å²) < 4.78 is 5.69. The Bertz CT molecular complexity index is 574. The van der Waals surface area contributed by atoms with Gasteiger partial charge in [-0.3, -0.25) is 4.99 Å². The molecule has 6 heteroatoms. The minimum absolute atomic E-state index is 0.493. The van der Waals surface area contributed by atoms with E-state index >= 15 is 0 Å². The lowest BCUT2D eigenvalue weighted by atomic mass is 10.0. The molecule has 0 radical (unpaired) electrons. The van der Waals surface area contributed by atoms with Crippen molar-refractivity contribution in [3.8, 4) is 5.88 Å². The van der Waals surface area contributed by atoms with Crippen LogP contribution in [0, 0.1) is 5.92 Å². The first-order valence-corrected chi connectivity index (χ1v) is 9.93. The number of aromatic nitrogens is 1. The summed E-state index contributed by atoms with van der Waals surface area (Å²) in [7, 11) is 1.83. The zero-order valence-electron chi connectivity index (χ0n) is 16.4. The van der Waals surface area contributed by atoms with Gasteiger partial charge < -0.3 is 20.3 Å². The lowest BCUT2D eigenvalue weighted by Crippen LogP contribution is -2.49. The maximum absolute atomic E-state index is 5.69. The molecule has 1 saturated carbocycles. The summed E-state index contributed by atoms with van der Waals surface area (Å²) in [6, 6.07) is 5.15. The molecule has 0 bridgehead atoms. The third-order valence-corrected chi connectivity index (χ3v) is 5.25.